The summed E-state index contributed by atoms with van der Waals surface area (Å²) in [6, 6.07) is 28.6. The first-order chi connectivity index (χ1) is 49.2. The molecule has 0 atom stereocenters. The van der Waals surface area contributed by atoms with E-state index in [9.17, 15) is 0 Å². The van der Waals surface area contributed by atoms with E-state index in [1.165, 1.54) is 0 Å². The third-order valence-electron chi connectivity index (χ3n) is 14.3. The van der Waals surface area contributed by atoms with Gasteiger partial charge in [0, 0.05) is 94.3 Å². The third kappa shape index (κ3) is 18.6. The lowest BCUT2D eigenvalue weighted by atomic mass is 10.2. The fourth-order valence-electron chi connectivity index (χ4n) is 9.45. The maximum atomic E-state index is 5.67. The van der Waals surface area contributed by atoms with Crippen molar-refractivity contribution < 1.29 is 47.4 Å². The molecule has 40 nitrogen and oxygen atoms in total. The molecule has 5 aliphatic rings. The average molecular weight is 1400 g/mol. The molecule has 5 aliphatic heterocycles. The van der Waals surface area contributed by atoms with Gasteiger partial charge in [-0.1, -0.05) is 24.3 Å². The Morgan fingerprint density at radius 1 is 0.304 bits per heavy atom. The number of ether oxygens (including phenoxy) is 10. The smallest absolute Gasteiger partial charge is 0.233 e. The van der Waals surface area contributed by atoms with Crippen LogP contribution in [-0.2, 0) is 26.2 Å². The molecular weight excluding hydrogens is 1320 g/mol. The largest absolute Gasteiger partial charge is 0.454 e. The van der Waals surface area contributed by atoms with Gasteiger partial charge >= 0.3 is 0 Å². The number of nitrogens with one attached hydrogen (secondary N) is 5. The van der Waals surface area contributed by atoms with Crippen LogP contribution in [0.25, 0.3) is 0 Å². The number of nitrogen functional groups attached to an aromatic ring is 6. The lowest BCUT2D eigenvalue weighted by molar-refractivity contribution is 0.173. The van der Waals surface area contributed by atoms with Crippen LogP contribution < -0.4 is 128 Å². The lowest BCUT2D eigenvalue weighted by Crippen LogP contribution is -2.20. The SMILES string of the molecule is CN(C)c1nc(Nc2ccc3c(c2)OCO3)nc(N(C)C)n1.CN(Cc1ccc2c(c1)OCO2)c1nc(N)nc(N)n1.CNc1nc(N)nc(N(C)Cc2ccc3c(c2)OCO3)n1.CNc1nc(N)nc(NCc2ccc3c(c2)OCO3)n1.Nc1nc(N)nc(NCc2ccc3c(c2)OCO3)n1. The van der Waals surface area contributed by atoms with Gasteiger partial charge in [0.25, 0.3) is 0 Å². The molecule has 17 N–H and O–H groups in total. The monoisotopic (exact) mass is 1400 g/mol. The van der Waals surface area contributed by atoms with Crippen LogP contribution in [0.2, 0.25) is 0 Å². The van der Waals surface area contributed by atoms with Crippen molar-refractivity contribution in [2.24, 2.45) is 0 Å². The van der Waals surface area contributed by atoms with Crippen molar-refractivity contribution in [1.29, 1.82) is 0 Å². The molecule has 0 fully saturated rings. The fourth-order valence-corrected chi connectivity index (χ4v) is 9.45. The number of nitrogens with zero attached hydrogens (tertiary/aromatic N) is 19. The zero-order chi connectivity index (χ0) is 71.8. The Morgan fingerprint density at radius 2 is 0.608 bits per heavy atom. The number of hydrogen-bond acceptors (Lipinski definition) is 40. The highest BCUT2D eigenvalue weighted by Gasteiger charge is 2.21. The molecule has 10 aromatic rings. The van der Waals surface area contributed by atoms with E-state index >= 15 is 0 Å². The zero-order valence-corrected chi connectivity index (χ0v) is 56.6. The van der Waals surface area contributed by atoms with Crippen LogP contribution >= 0.6 is 0 Å². The van der Waals surface area contributed by atoms with E-state index in [1.807, 2.05) is 153 Å². The predicted octanol–water partition coefficient (Wildman–Crippen LogP) is 3.95. The summed E-state index contributed by atoms with van der Waals surface area (Å²) in [5.41, 5.74) is 38.3. The molecule has 40 heteroatoms. The number of benzene rings is 5. The van der Waals surface area contributed by atoms with E-state index in [2.05, 4.69) is 101 Å². The summed E-state index contributed by atoms with van der Waals surface area (Å²) in [6.45, 7) is 3.56. The number of nitrogens with two attached hydrogens (primary N) is 6. The maximum Gasteiger partial charge on any atom is 0.233 e. The van der Waals surface area contributed by atoms with Gasteiger partial charge in [-0.25, -0.2) is 0 Å². The summed E-state index contributed by atoms with van der Waals surface area (Å²) in [6.07, 6.45) is 0. The molecule has 0 unspecified atom stereocenters. The van der Waals surface area contributed by atoms with Crippen molar-refractivity contribution in [3.8, 4) is 57.5 Å². The van der Waals surface area contributed by atoms with Gasteiger partial charge < -0.3 is 128 Å². The minimum Gasteiger partial charge on any atom is -0.454 e. The molecule has 10 heterocycles. The van der Waals surface area contributed by atoms with Crippen LogP contribution in [-0.4, -0.2) is 165 Å². The Bertz CT molecular complexity index is 4500. The summed E-state index contributed by atoms with van der Waals surface area (Å²) < 4.78 is 53.1. The molecule has 0 bridgehead atoms. The molecule has 0 radical (unpaired) electrons. The second-order valence-corrected chi connectivity index (χ2v) is 22.3. The molecule has 0 aliphatic carbocycles. The van der Waals surface area contributed by atoms with E-state index in [-0.39, 0.29) is 69.7 Å². The number of anilines is 16. The predicted molar refractivity (Wildman–Crippen MR) is 378 cm³/mol. The summed E-state index contributed by atoms with van der Waals surface area (Å²) in [5.74, 6) is 12.4. The fraction of sp³-hybridized carbons (Fsp3) is 0.274. The Labute approximate surface area is 582 Å². The topological polar surface area (TPSA) is 515 Å². The minimum atomic E-state index is 0.0840. The molecule has 532 valence electrons. The second-order valence-electron chi connectivity index (χ2n) is 22.3. The van der Waals surface area contributed by atoms with Gasteiger partial charge in [0.1, 0.15) is 0 Å². The molecule has 0 amide bonds. The minimum absolute atomic E-state index is 0.0840. The number of aromatic nitrogens is 15. The summed E-state index contributed by atoms with van der Waals surface area (Å²) in [7, 11) is 14.7. The molecule has 5 aromatic heterocycles. The molecular formula is C62H74N30O10. The Kier molecular flexibility index (Phi) is 21.8. The Morgan fingerprint density at radius 3 is 1.02 bits per heavy atom. The van der Waals surface area contributed by atoms with Crippen molar-refractivity contribution in [3.63, 3.8) is 0 Å². The third-order valence-corrected chi connectivity index (χ3v) is 14.3. The number of hydrogen-bond donors (Lipinski definition) is 11. The van der Waals surface area contributed by atoms with Crippen molar-refractivity contribution in [2.75, 3.05) is 171 Å². The van der Waals surface area contributed by atoms with E-state index in [0.717, 1.165) is 79.7 Å². The molecule has 0 saturated carbocycles. The average Bonchev–Trinajstić information content (AvgIpc) is 0.857. The Hall–Kier alpha value is -13.9. The van der Waals surface area contributed by atoms with Crippen molar-refractivity contribution >= 4 is 94.9 Å². The van der Waals surface area contributed by atoms with Gasteiger partial charge in [-0.05, 0) is 82.9 Å². The second kappa shape index (κ2) is 32.0. The van der Waals surface area contributed by atoms with Crippen LogP contribution in [0.15, 0.2) is 91.0 Å². The highest BCUT2D eigenvalue weighted by atomic mass is 16.7. The van der Waals surface area contributed by atoms with Gasteiger partial charge in [0.15, 0.2) is 57.5 Å². The molecule has 5 aromatic carbocycles. The van der Waals surface area contributed by atoms with E-state index in [0.29, 0.717) is 85.5 Å². The number of fused-ring (bicyclic) bond motifs is 5. The summed E-state index contributed by atoms with van der Waals surface area (Å²) in [5, 5.41) is 15.0. The molecule has 15 rings (SSSR count). The normalized spacial score (nSPS) is 12.3. The first kappa shape index (κ1) is 69.5. The molecule has 0 spiro atoms. The standard InChI is InChI=1S/C14H18N6O2.C13H16N6O2.2C12H14N6O2.C11H12N6O2/c1-19(2)13-16-12(17-14(18-13)20(3)4)15-9-5-6-10-11(7-9)22-8-21-10;1-15-12-16-11(14)17-13(18-12)19(2)6-8-3-4-9-10(5-8)21-7-20-9;1-18(12-16-10(13)15-11(14)17-12)5-7-2-3-8-9(4-7)20-6-19-8;1-14-11-16-10(13)17-12(18-11)15-5-7-2-3-8-9(4-7)20-6-19-8;12-9-15-10(13)17-11(16-9)14-4-6-1-2-7-8(3-6)19-5-18-7/h5-7H,8H2,1-4H3,(H,15,16,17,18);3-5H,6-7H2,1-2H3,(H3,14,15,16,17,18);2-4H,5-6H2,1H3,(H4,13,14,15,16,17);2-4H,5-6H2,1H3,(H4,13,14,15,16,17,18);1-3H,4-5H2,(H5,12,13,14,15,16,17). The van der Waals surface area contributed by atoms with Gasteiger partial charge in [-0.15, -0.1) is 0 Å². The zero-order valence-electron chi connectivity index (χ0n) is 56.6. The van der Waals surface area contributed by atoms with E-state index < -0.39 is 0 Å². The van der Waals surface area contributed by atoms with Crippen molar-refractivity contribution in [2.45, 2.75) is 26.2 Å². The lowest BCUT2D eigenvalue weighted by Gasteiger charge is -2.17. The highest BCUT2D eigenvalue weighted by Crippen LogP contribution is 2.38. The first-order valence-corrected chi connectivity index (χ1v) is 30.9. The highest BCUT2D eigenvalue weighted by molar-refractivity contribution is 5.62. The van der Waals surface area contributed by atoms with Crippen molar-refractivity contribution in [3.05, 3.63) is 113 Å². The molecule has 102 heavy (non-hydrogen) atoms. The van der Waals surface area contributed by atoms with Crippen LogP contribution in [0, 0.1) is 0 Å². The number of rotatable bonds is 18. The van der Waals surface area contributed by atoms with E-state index in [4.69, 9.17) is 81.8 Å². The summed E-state index contributed by atoms with van der Waals surface area (Å²) >= 11 is 0. The first-order valence-electron chi connectivity index (χ1n) is 30.9. The van der Waals surface area contributed by atoms with Gasteiger partial charge in [-0.2, -0.15) is 74.8 Å². The Balaban J connectivity index is 0.000000128. The van der Waals surface area contributed by atoms with Gasteiger partial charge in [-0.3, -0.25) is 0 Å². The van der Waals surface area contributed by atoms with Crippen molar-refractivity contribution in [1.82, 2.24) is 74.8 Å². The van der Waals surface area contributed by atoms with Crippen LogP contribution in [0.3, 0.4) is 0 Å². The quantitative estimate of drug-likeness (QED) is 0.0579. The van der Waals surface area contributed by atoms with E-state index in [1.54, 1.807) is 14.1 Å². The van der Waals surface area contributed by atoms with Crippen LogP contribution in [0.4, 0.5) is 94.9 Å². The summed E-state index contributed by atoms with van der Waals surface area (Å²) in [4.78, 5) is 68.4. The van der Waals surface area contributed by atoms with Crippen LogP contribution in [0.5, 0.6) is 57.5 Å². The maximum absolute atomic E-state index is 5.67. The van der Waals surface area contributed by atoms with Gasteiger partial charge in [0.05, 0.1) is 0 Å². The van der Waals surface area contributed by atoms with Crippen LogP contribution in [0.1, 0.15) is 22.3 Å². The molecule has 0 saturated heterocycles. The van der Waals surface area contributed by atoms with Gasteiger partial charge in [0.2, 0.25) is 123 Å².